The summed E-state index contributed by atoms with van der Waals surface area (Å²) in [5, 5.41) is 13.8. The van der Waals surface area contributed by atoms with Crippen LogP contribution in [0.25, 0.3) is 0 Å². The molecule has 360 valence electrons. The van der Waals surface area contributed by atoms with Gasteiger partial charge in [0.25, 0.3) is 0 Å². The molecule has 0 spiro atoms. The SMILES string of the molecule is CCCCCCCC/C=C/CC/C=C/C(O)C(COP(=O)(O)OCC[N+](C)(C)C)NC(=O)CCCCCCCCCCCCCCCCC/C=C\CCCCCCCCCC. The van der Waals surface area contributed by atoms with E-state index < -0.39 is 20.0 Å². The molecule has 9 heteroatoms. The van der Waals surface area contributed by atoms with Crippen LogP contribution in [0, 0.1) is 0 Å². The van der Waals surface area contributed by atoms with Crippen molar-refractivity contribution < 1.29 is 32.9 Å². The molecule has 3 N–H and O–H groups in total. The first-order valence-corrected chi connectivity index (χ1v) is 27.4. The number of phosphoric ester groups is 1. The summed E-state index contributed by atoms with van der Waals surface area (Å²) in [7, 11) is 1.56. The smallest absolute Gasteiger partial charge is 0.387 e. The Balaban J connectivity index is 4.14. The first-order valence-electron chi connectivity index (χ1n) is 25.9. The number of carbonyl (C=O) groups is 1. The van der Waals surface area contributed by atoms with E-state index in [1.807, 2.05) is 27.2 Å². The van der Waals surface area contributed by atoms with Crippen molar-refractivity contribution in [3.05, 3.63) is 36.5 Å². The molecular weight excluding hydrogens is 780 g/mol. The van der Waals surface area contributed by atoms with Crippen LogP contribution in [-0.4, -0.2) is 73.4 Å². The van der Waals surface area contributed by atoms with E-state index in [-0.39, 0.29) is 19.1 Å². The van der Waals surface area contributed by atoms with Crippen LogP contribution in [0.3, 0.4) is 0 Å². The van der Waals surface area contributed by atoms with Gasteiger partial charge in [-0.15, -0.1) is 0 Å². The monoisotopic (exact) mass is 882 g/mol. The summed E-state index contributed by atoms with van der Waals surface area (Å²) >= 11 is 0. The quantitative estimate of drug-likeness (QED) is 0.0243. The fraction of sp³-hybridized carbons (Fsp3) is 0.865. The number of allylic oxidation sites excluding steroid dienone is 5. The molecule has 0 fully saturated rings. The Morgan fingerprint density at radius 1 is 0.541 bits per heavy atom. The number of hydrogen-bond donors (Lipinski definition) is 3. The number of quaternary nitrogens is 1. The van der Waals surface area contributed by atoms with Gasteiger partial charge in [0.2, 0.25) is 5.91 Å². The number of aliphatic hydroxyl groups is 1. The van der Waals surface area contributed by atoms with Gasteiger partial charge >= 0.3 is 7.82 Å². The summed E-state index contributed by atoms with van der Waals surface area (Å²) in [6, 6.07) is -0.860. The van der Waals surface area contributed by atoms with Crippen LogP contribution < -0.4 is 5.32 Å². The molecule has 0 saturated carbocycles. The number of nitrogens with zero attached hydrogens (tertiary/aromatic N) is 1. The highest BCUT2D eigenvalue weighted by Gasteiger charge is 2.27. The Kier molecular flexibility index (Phi) is 43.0. The van der Waals surface area contributed by atoms with Gasteiger partial charge in [0.05, 0.1) is 39.9 Å². The molecule has 3 atom stereocenters. The van der Waals surface area contributed by atoms with Crippen molar-refractivity contribution in [1.82, 2.24) is 5.32 Å². The molecule has 0 saturated heterocycles. The van der Waals surface area contributed by atoms with E-state index in [0.717, 1.165) is 38.5 Å². The summed E-state index contributed by atoms with van der Waals surface area (Å²) in [5.41, 5.74) is 0. The van der Waals surface area contributed by atoms with Gasteiger partial charge in [-0.05, 0) is 57.8 Å². The molecule has 0 aromatic rings. The molecule has 0 bridgehead atoms. The maximum absolute atomic E-state index is 12.9. The van der Waals surface area contributed by atoms with Crippen LogP contribution in [0.1, 0.15) is 239 Å². The number of phosphoric acid groups is 1. The highest BCUT2D eigenvalue weighted by Crippen LogP contribution is 2.43. The van der Waals surface area contributed by atoms with E-state index in [1.54, 1.807) is 6.08 Å². The molecule has 0 aliphatic carbocycles. The largest absolute Gasteiger partial charge is 0.472 e. The van der Waals surface area contributed by atoms with Crippen LogP contribution >= 0.6 is 7.82 Å². The van der Waals surface area contributed by atoms with E-state index in [0.29, 0.717) is 17.4 Å². The lowest BCUT2D eigenvalue weighted by atomic mass is 10.0. The van der Waals surface area contributed by atoms with Crippen LogP contribution in [0.15, 0.2) is 36.5 Å². The Labute approximate surface area is 378 Å². The number of hydrogen-bond acceptors (Lipinski definition) is 5. The van der Waals surface area contributed by atoms with Crippen molar-refractivity contribution in [1.29, 1.82) is 0 Å². The lowest BCUT2D eigenvalue weighted by molar-refractivity contribution is -0.870. The third-order valence-electron chi connectivity index (χ3n) is 11.6. The molecule has 61 heavy (non-hydrogen) atoms. The lowest BCUT2D eigenvalue weighted by Crippen LogP contribution is -2.45. The Morgan fingerprint density at radius 3 is 1.31 bits per heavy atom. The Hall–Kier alpha value is -1.28. The first kappa shape index (κ1) is 59.7. The Morgan fingerprint density at radius 2 is 0.902 bits per heavy atom. The van der Waals surface area contributed by atoms with Gasteiger partial charge in [0.1, 0.15) is 13.2 Å². The van der Waals surface area contributed by atoms with Gasteiger partial charge in [-0.3, -0.25) is 13.8 Å². The second-order valence-electron chi connectivity index (χ2n) is 18.9. The zero-order chi connectivity index (χ0) is 45.0. The Bertz CT molecular complexity index is 1090. The maximum atomic E-state index is 12.9. The second-order valence-corrected chi connectivity index (χ2v) is 20.3. The topological polar surface area (TPSA) is 105 Å². The fourth-order valence-corrected chi connectivity index (χ4v) is 8.20. The van der Waals surface area contributed by atoms with E-state index in [1.165, 1.54) is 180 Å². The van der Waals surface area contributed by atoms with E-state index in [2.05, 4.69) is 43.5 Å². The molecule has 0 aromatic carbocycles. The molecule has 0 heterocycles. The molecule has 0 radical (unpaired) electrons. The minimum atomic E-state index is -4.34. The van der Waals surface area contributed by atoms with Crippen molar-refractivity contribution in [2.75, 3.05) is 40.9 Å². The maximum Gasteiger partial charge on any atom is 0.472 e. The van der Waals surface area contributed by atoms with Gasteiger partial charge < -0.3 is 19.8 Å². The summed E-state index contributed by atoms with van der Waals surface area (Å²) in [6.07, 6.45) is 55.3. The molecule has 0 rings (SSSR count). The number of aliphatic hydroxyl groups excluding tert-OH is 1. The average Bonchev–Trinajstić information content (AvgIpc) is 3.21. The summed E-state index contributed by atoms with van der Waals surface area (Å²) in [4.78, 5) is 23.2. The van der Waals surface area contributed by atoms with Gasteiger partial charge in [0, 0.05) is 6.42 Å². The number of rotatable bonds is 47. The van der Waals surface area contributed by atoms with Crippen LogP contribution in [0.5, 0.6) is 0 Å². The number of nitrogens with one attached hydrogen (secondary N) is 1. The third-order valence-corrected chi connectivity index (χ3v) is 12.6. The van der Waals surface area contributed by atoms with E-state index >= 15 is 0 Å². The highest BCUT2D eigenvalue weighted by molar-refractivity contribution is 7.47. The van der Waals surface area contributed by atoms with Gasteiger partial charge in [-0.25, -0.2) is 4.57 Å². The second kappa shape index (κ2) is 43.9. The van der Waals surface area contributed by atoms with Crippen molar-refractivity contribution in [2.24, 2.45) is 0 Å². The zero-order valence-electron chi connectivity index (χ0n) is 40.9. The van der Waals surface area contributed by atoms with Crippen molar-refractivity contribution in [2.45, 2.75) is 251 Å². The highest BCUT2D eigenvalue weighted by atomic mass is 31.2. The molecular formula is C52H102N2O6P+. The van der Waals surface area contributed by atoms with Crippen LogP contribution in [0.2, 0.25) is 0 Å². The lowest BCUT2D eigenvalue weighted by Gasteiger charge is -2.25. The standard InChI is InChI=1S/C52H101N2O6P/c1-6-8-10-12-14-16-18-20-21-22-23-24-25-26-27-28-29-30-31-32-33-34-36-38-40-42-44-46-52(56)53-50(49-60-61(57,58)59-48-47-54(3,4)5)51(55)45-43-41-39-37-35-19-17-15-13-11-9-7-2/h22-23,35,37,43,45,50-51,55H,6-21,24-34,36,38-42,44,46-49H2,1-5H3,(H-,53,56,57,58)/p+1/b23-22-,37-35+,45-43+. The molecule has 0 aromatic heterocycles. The van der Waals surface area contributed by atoms with Gasteiger partial charge in [-0.2, -0.15) is 0 Å². The van der Waals surface area contributed by atoms with Crippen LogP contribution in [0.4, 0.5) is 0 Å². The average molecular weight is 882 g/mol. The fourth-order valence-electron chi connectivity index (χ4n) is 7.46. The van der Waals surface area contributed by atoms with Gasteiger partial charge in [-0.1, -0.05) is 211 Å². The zero-order valence-corrected chi connectivity index (χ0v) is 41.8. The van der Waals surface area contributed by atoms with Gasteiger partial charge in [0.15, 0.2) is 0 Å². The third kappa shape index (κ3) is 46.5. The minimum absolute atomic E-state index is 0.0569. The van der Waals surface area contributed by atoms with Crippen molar-refractivity contribution >= 4 is 13.7 Å². The summed E-state index contributed by atoms with van der Waals surface area (Å²) < 4.78 is 23.6. The molecule has 0 aliphatic rings. The predicted molar refractivity (Wildman–Crippen MR) is 263 cm³/mol. The minimum Gasteiger partial charge on any atom is -0.387 e. The normalized spacial score (nSPS) is 14.4. The molecule has 3 unspecified atom stereocenters. The summed E-state index contributed by atoms with van der Waals surface area (Å²) in [6.45, 7) is 4.79. The number of amides is 1. The number of unbranched alkanes of at least 4 members (excludes halogenated alkanes) is 30. The number of carbonyl (C=O) groups excluding carboxylic acids is 1. The van der Waals surface area contributed by atoms with E-state index in [4.69, 9.17) is 9.05 Å². The number of likely N-dealkylation sites (N-methyl/N-ethyl adjacent to an activating group) is 1. The molecule has 1 amide bonds. The van der Waals surface area contributed by atoms with E-state index in [9.17, 15) is 19.4 Å². The van der Waals surface area contributed by atoms with Crippen molar-refractivity contribution in [3.8, 4) is 0 Å². The van der Waals surface area contributed by atoms with Crippen molar-refractivity contribution in [3.63, 3.8) is 0 Å². The van der Waals surface area contributed by atoms with Crippen LogP contribution in [-0.2, 0) is 18.4 Å². The molecule has 0 aliphatic heterocycles. The first-order chi connectivity index (χ1) is 29.5. The predicted octanol–water partition coefficient (Wildman–Crippen LogP) is 15.0. The molecule has 8 nitrogen and oxygen atoms in total. The summed E-state index contributed by atoms with van der Waals surface area (Å²) in [5.74, 6) is -0.186.